The van der Waals surface area contributed by atoms with Gasteiger partial charge in [-0.1, -0.05) is 44.2 Å². The molecular weight excluding hydrogens is 452 g/mol. The second-order valence-electron chi connectivity index (χ2n) is 12.0. The average molecular weight is 493 g/mol. The van der Waals surface area contributed by atoms with E-state index in [1.807, 2.05) is 28.0 Å². The van der Waals surface area contributed by atoms with Crippen LogP contribution in [0.3, 0.4) is 0 Å². The summed E-state index contributed by atoms with van der Waals surface area (Å²) in [7, 11) is 0. The molecule has 0 N–H and O–H groups in total. The summed E-state index contributed by atoms with van der Waals surface area (Å²) < 4.78 is 0. The summed E-state index contributed by atoms with van der Waals surface area (Å²) >= 11 is 1.71. The van der Waals surface area contributed by atoms with Crippen molar-refractivity contribution in [2.45, 2.75) is 72.4 Å². The Labute approximate surface area is 214 Å². The van der Waals surface area contributed by atoms with E-state index in [1.54, 1.807) is 11.3 Å². The Balaban J connectivity index is 1.36. The van der Waals surface area contributed by atoms with E-state index in [4.69, 9.17) is 0 Å². The second kappa shape index (κ2) is 10.1. The molecule has 5 heteroatoms. The molecule has 0 aliphatic heterocycles. The van der Waals surface area contributed by atoms with Gasteiger partial charge in [0.15, 0.2) is 0 Å². The molecule has 4 aliphatic rings. The molecule has 4 aliphatic carbocycles. The lowest BCUT2D eigenvalue weighted by Crippen LogP contribution is -2.56. The standard InChI is InChI=1S/C30H40N2O2S/c1-21(2)17-32(29(34)30-14-24-11-25(15-30)13-26(12-24)16-30)20-28(33)31(18-23-7-5-4-6-8-23)19-27-22(3)9-10-35-27/h4-10,21,24-26H,11-20H2,1-3H3. The molecule has 0 radical (unpaired) electrons. The van der Waals surface area contributed by atoms with Crippen LogP contribution in [0.5, 0.6) is 0 Å². The molecule has 0 unspecified atom stereocenters. The van der Waals surface area contributed by atoms with Crippen LogP contribution in [-0.2, 0) is 22.7 Å². The number of hydrogen-bond donors (Lipinski definition) is 0. The number of thiophene rings is 1. The summed E-state index contributed by atoms with van der Waals surface area (Å²) in [4.78, 5) is 33.1. The quantitative estimate of drug-likeness (QED) is 0.413. The van der Waals surface area contributed by atoms with Crippen molar-refractivity contribution in [3.8, 4) is 0 Å². The maximum absolute atomic E-state index is 14.2. The fourth-order valence-electron chi connectivity index (χ4n) is 7.41. The van der Waals surface area contributed by atoms with Crippen LogP contribution in [-0.4, -0.2) is 34.7 Å². The molecule has 4 fully saturated rings. The number of aryl methyl sites for hydroxylation is 1. The Morgan fingerprint density at radius 3 is 2.11 bits per heavy atom. The van der Waals surface area contributed by atoms with Crippen LogP contribution < -0.4 is 0 Å². The molecule has 4 bridgehead atoms. The molecule has 0 saturated heterocycles. The Hall–Kier alpha value is -2.14. The van der Waals surface area contributed by atoms with E-state index in [-0.39, 0.29) is 23.8 Å². The van der Waals surface area contributed by atoms with Crippen molar-refractivity contribution in [2.24, 2.45) is 29.1 Å². The van der Waals surface area contributed by atoms with Crippen LogP contribution in [0.2, 0.25) is 0 Å². The molecule has 35 heavy (non-hydrogen) atoms. The highest BCUT2D eigenvalue weighted by atomic mass is 32.1. The van der Waals surface area contributed by atoms with E-state index in [0.29, 0.717) is 25.6 Å². The van der Waals surface area contributed by atoms with E-state index in [0.717, 1.165) is 42.6 Å². The minimum atomic E-state index is -0.210. The molecule has 0 atom stereocenters. The normalized spacial score (nSPS) is 26.8. The van der Waals surface area contributed by atoms with Gasteiger partial charge in [-0.25, -0.2) is 0 Å². The van der Waals surface area contributed by atoms with Gasteiger partial charge in [0.1, 0.15) is 0 Å². The van der Waals surface area contributed by atoms with E-state index >= 15 is 0 Å². The minimum Gasteiger partial charge on any atom is -0.333 e. The SMILES string of the molecule is Cc1ccsc1CN(Cc1ccccc1)C(=O)CN(CC(C)C)C(=O)C12CC3CC(CC(C3)C1)C2. The van der Waals surface area contributed by atoms with Crippen LogP contribution in [0.4, 0.5) is 0 Å². The summed E-state index contributed by atoms with van der Waals surface area (Å²) in [6.45, 7) is 8.43. The summed E-state index contributed by atoms with van der Waals surface area (Å²) in [6.07, 6.45) is 7.09. The predicted molar refractivity (Wildman–Crippen MR) is 142 cm³/mol. The molecule has 6 rings (SSSR count). The summed E-state index contributed by atoms with van der Waals surface area (Å²) in [5.41, 5.74) is 2.14. The van der Waals surface area contributed by atoms with Crippen molar-refractivity contribution < 1.29 is 9.59 Å². The number of nitrogens with zero attached hydrogens (tertiary/aromatic N) is 2. The molecule has 2 amide bonds. The van der Waals surface area contributed by atoms with Gasteiger partial charge < -0.3 is 9.80 Å². The van der Waals surface area contributed by atoms with Crippen molar-refractivity contribution in [3.63, 3.8) is 0 Å². The van der Waals surface area contributed by atoms with Crippen LogP contribution >= 0.6 is 11.3 Å². The van der Waals surface area contributed by atoms with E-state index in [2.05, 4.69) is 44.4 Å². The van der Waals surface area contributed by atoms with Gasteiger partial charge in [-0.3, -0.25) is 9.59 Å². The summed E-state index contributed by atoms with van der Waals surface area (Å²) in [5, 5.41) is 2.09. The molecular formula is C30H40N2O2S. The number of hydrogen-bond acceptors (Lipinski definition) is 3. The molecule has 1 aromatic heterocycles. The fraction of sp³-hybridized carbons (Fsp3) is 0.600. The van der Waals surface area contributed by atoms with Gasteiger partial charge in [0.05, 0.1) is 18.5 Å². The number of carbonyl (C=O) groups is 2. The lowest BCUT2D eigenvalue weighted by Gasteiger charge is -2.56. The van der Waals surface area contributed by atoms with E-state index in [9.17, 15) is 9.59 Å². The Morgan fingerprint density at radius 1 is 0.943 bits per heavy atom. The van der Waals surface area contributed by atoms with Gasteiger partial charge >= 0.3 is 0 Å². The highest BCUT2D eigenvalue weighted by molar-refractivity contribution is 7.10. The number of carbonyl (C=O) groups excluding carboxylic acids is 2. The molecule has 1 heterocycles. The third-order valence-electron chi connectivity index (χ3n) is 8.56. The smallest absolute Gasteiger partial charge is 0.242 e. The topological polar surface area (TPSA) is 40.6 Å². The van der Waals surface area contributed by atoms with Gasteiger partial charge in [-0.15, -0.1) is 11.3 Å². The first kappa shape index (κ1) is 24.5. The third kappa shape index (κ3) is 5.35. The first-order chi connectivity index (χ1) is 16.8. The van der Waals surface area contributed by atoms with E-state index < -0.39 is 0 Å². The largest absolute Gasteiger partial charge is 0.333 e. The molecule has 188 valence electrons. The number of amides is 2. The van der Waals surface area contributed by atoms with Crippen molar-refractivity contribution in [3.05, 3.63) is 57.8 Å². The summed E-state index contributed by atoms with van der Waals surface area (Å²) in [5.74, 6) is 2.82. The van der Waals surface area contributed by atoms with Crippen LogP contribution in [0, 0.1) is 36.0 Å². The first-order valence-corrected chi connectivity index (χ1v) is 14.3. The highest BCUT2D eigenvalue weighted by Gasteiger charge is 2.55. The lowest BCUT2D eigenvalue weighted by molar-refractivity contribution is -0.161. The number of rotatable bonds is 9. The van der Waals surface area contributed by atoms with Gasteiger partial charge in [0.25, 0.3) is 0 Å². The van der Waals surface area contributed by atoms with Gasteiger partial charge in [0.2, 0.25) is 11.8 Å². The van der Waals surface area contributed by atoms with Crippen molar-refractivity contribution in [1.82, 2.24) is 9.80 Å². The Morgan fingerprint density at radius 2 is 1.57 bits per heavy atom. The predicted octanol–water partition coefficient (Wildman–Crippen LogP) is 6.29. The van der Waals surface area contributed by atoms with Crippen molar-refractivity contribution in [1.29, 1.82) is 0 Å². The van der Waals surface area contributed by atoms with Gasteiger partial charge in [-0.2, -0.15) is 0 Å². The maximum atomic E-state index is 14.2. The molecule has 1 aromatic carbocycles. The van der Waals surface area contributed by atoms with Crippen LogP contribution in [0.1, 0.15) is 68.4 Å². The first-order valence-electron chi connectivity index (χ1n) is 13.5. The molecule has 4 saturated carbocycles. The highest BCUT2D eigenvalue weighted by Crippen LogP contribution is 2.60. The van der Waals surface area contributed by atoms with Crippen LogP contribution in [0.25, 0.3) is 0 Å². The zero-order chi connectivity index (χ0) is 24.6. The number of benzene rings is 1. The zero-order valence-corrected chi connectivity index (χ0v) is 22.4. The molecule has 0 spiro atoms. The fourth-order valence-corrected chi connectivity index (χ4v) is 8.33. The molecule has 2 aromatic rings. The van der Waals surface area contributed by atoms with Crippen molar-refractivity contribution >= 4 is 23.2 Å². The van der Waals surface area contributed by atoms with Crippen LogP contribution in [0.15, 0.2) is 41.8 Å². The van der Waals surface area contributed by atoms with Gasteiger partial charge in [-0.05, 0) is 91.7 Å². The Kier molecular flexibility index (Phi) is 7.07. The molecule has 4 nitrogen and oxygen atoms in total. The van der Waals surface area contributed by atoms with Crippen molar-refractivity contribution in [2.75, 3.05) is 13.1 Å². The minimum absolute atomic E-state index is 0.0559. The lowest BCUT2D eigenvalue weighted by atomic mass is 9.49. The van der Waals surface area contributed by atoms with Gasteiger partial charge in [0, 0.05) is 18.0 Å². The maximum Gasteiger partial charge on any atom is 0.242 e. The second-order valence-corrected chi connectivity index (χ2v) is 13.0. The van der Waals surface area contributed by atoms with E-state index in [1.165, 1.54) is 29.7 Å². The summed E-state index contributed by atoms with van der Waals surface area (Å²) in [6, 6.07) is 12.3. The average Bonchev–Trinajstić information content (AvgIpc) is 3.21. The zero-order valence-electron chi connectivity index (χ0n) is 21.5. The third-order valence-corrected chi connectivity index (χ3v) is 9.57. The monoisotopic (exact) mass is 492 g/mol. The Bertz CT molecular complexity index is 1010.